The van der Waals surface area contributed by atoms with Crippen molar-refractivity contribution in [2.24, 2.45) is 0 Å². The van der Waals surface area contributed by atoms with Gasteiger partial charge in [0.25, 0.3) is 0 Å². The number of aromatic nitrogens is 1. The molecule has 0 atom stereocenters. The first-order valence-electron chi connectivity index (χ1n) is 6.51. The van der Waals surface area contributed by atoms with Crippen LogP contribution in [0.15, 0.2) is 18.3 Å². The van der Waals surface area contributed by atoms with Gasteiger partial charge in [0.2, 0.25) is 0 Å². The number of hydrogen-bond donors (Lipinski definition) is 1. The quantitative estimate of drug-likeness (QED) is 0.682. The predicted molar refractivity (Wildman–Crippen MR) is 81.8 cm³/mol. The molecule has 1 rings (SSSR count). The molecule has 21 heavy (non-hydrogen) atoms. The summed E-state index contributed by atoms with van der Waals surface area (Å²) >= 11 is 5.93. The summed E-state index contributed by atoms with van der Waals surface area (Å²) in [5.41, 5.74) is 0.621. The van der Waals surface area contributed by atoms with Crippen LogP contribution in [0.3, 0.4) is 0 Å². The van der Waals surface area contributed by atoms with E-state index in [0.29, 0.717) is 29.2 Å². The number of amides is 1. The Balaban J connectivity index is 2.43. The molecular weight excluding hydrogens is 290 g/mol. The van der Waals surface area contributed by atoms with Crippen molar-refractivity contribution in [3.05, 3.63) is 34.6 Å². The lowest BCUT2D eigenvalue weighted by atomic mass is 10.2. The fourth-order valence-corrected chi connectivity index (χ4v) is 1.59. The number of halogens is 1. The number of nitrogens with zero attached hydrogens (tertiary/aromatic N) is 2. The molecule has 0 spiro atoms. The third kappa shape index (κ3) is 6.77. The summed E-state index contributed by atoms with van der Waals surface area (Å²) in [6.07, 6.45) is 5.21. The highest BCUT2D eigenvalue weighted by atomic mass is 35.5. The van der Waals surface area contributed by atoms with Crippen LogP contribution in [0.1, 0.15) is 38.3 Å². The van der Waals surface area contributed by atoms with Gasteiger partial charge in [-0.25, -0.2) is 9.78 Å². The van der Waals surface area contributed by atoms with Crippen LogP contribution < -0.4 is 5.32 Å². The van der Waals surface area contributed by atoms with Crippen molar-refractivity contribution in [3.63, 3.8) is 0 Å². The van der Waals surface area contributed by atoms with Crippen LogP contribution in [0.2, 0.25) is 5.15 Å². The van der Waals surface area contributed by atoms with Crippen LogP contribution in [-0.2, 0) is 4.74 Å². The van der Waals surface area contributed by atoms with Gasteiger partial charge >= 0.3 is 6.09 Å². The second-order valence-corrected chi connectivity index (χ2v) is 5.69. The Bertz CT molecular complexity index is 571. The minimum absolute atomic E-state index is 0.338. The van der Waals surface area contributed by atoms with Gasteiger partial charge in [-0.2, -0.15) is 5.26 Å². The lowest BCUT2D eigenvalue weighted by Gasteiger charge is -2.19. The van der Waals surface area contributed by atoms with Crippen LogP contribution in [0.25, 0.3) is 6.08 Å². The molecule has 1 amide bonds. The first kappa shape index (κ1) is 17.0. The van der Waals surface area contributed by atoms with E-state index < -0.39 is 11.7 Å². The Hall–Kier alpha value is -2.06. The molecule has 0 fully saturated rings. The number of nitriles is 1. The van der Waals surface area contributed by atoms with E-state index in [1.54, 1.807) is 12.1 Å². The highest BCUT2D eigenvalue weighted by Crippen LogP contribution is 2.15. The maximum Gasteiger partial charge on any atom is 0.407 e. The molecule has 6 heteroatoms. The minimum atomic E-state index is -0.503. The van der Waals surface area contributed by atoms with Crippen molar-refractivity contribution in [1.29, 1.82) is 5.26 Å². The summed E-state index contributed by atoms with van der Waals surface area (Å²) in [6.45, 7) is 5.88. The predicted octanol–water partition coefficient (Wildman–Crippen LogP) is 3.53. The molecule has 1 aromatic heterocycles. The second-order valence-electron chi connectivity index (χ2n) is 5.34. The lowest BCUT2D eigenvalue weighted by molar-refractivity contribution is 0.0529. The summed E-state index contributed by atoms with van der Waals surface area (Å²) in [6, 6.07) is 3.66. The van der Waals surface area contributed by atoms with Crippen molar-refractivity contribution in [3.8, 4) is 6.07 Å². The fraction of sp³-hybridized carbons (Fsp3) is 0.400. The van der Waals surface area contributed by atoms with Crippen molar-refractivity contribution in [1.82, 2.24) is 10.3 Å². The summed E-state index contributed by atoms with van der Waals surface area (Å²) in [5, 5.41) is 11.8. The van der Waals surface area contributed by atoms with Crippen LogP contribution >= 0.6 is 11.6 Å². The Labute approximate surface area is 129 Å². The van der Waals surface area contributed by atoms with Crippen molar-refractivity contribution < 1.29 is 9.53 Å². The van der Waals surface area contributed by atoms with Crippen LogP contribution in [-0.4, -0.2) is 23.2 Å². The van der Waals surface area contributed by atoms with Crippen LogP contribution in [0.4, 0.5) is 4.79 Å². The Kier molecular flexibility index (Phi) is 6.19. The SMILES string of the molecule is CC(C)(C)OC(=O)NCCC=Cc1cc(C#N)cnc1Cl. The van der Waals surface area contributed by atoms with Gasteiger partial charge in [0.1, 0.15) is 16.8 Å². The van der Waals surface area contributed by atoms with Crippen molar-refractivity contribution in [2.75, 3.05) is 6.54 Å². The number of carbonyl (C=O) groups is 1. The fourth-order valence-electron chi connectivity index (χ4n) is 1.43. The largest absolute Gasteiger partial charge is 0.444 e. The van der Waals surface area contributed by atoms with Crippen LogP contribution in [0, 0.1) is 11.3 Å². The zero-order valence-corrected chi connectivity index (χ0v) is 13.1. The lowest BCUT2D eigenvalue weighted by Crippen LogP contribution is -2.32. The summed E-state index contributed by atoms with van der Waals surface area (Å²) in [5.74, 6) is 0. The number of pyridine rings is 1. The second kappa shape index (κ2) is 7.65. The van der Waals surface area contributed by atoms with E-state index in [9.17, 15) is 4.79 Å². The molecule has 1 aromatic rings. The Morgan fingerprint density at radius 2 is 2.29 bits per heavy atom. The molecule has 0 radical (unpaired) electrons. The minimum Gasteiger partial charge on any atom is -0.444 e. The van der Waals surface area contributed by atoms with Crippen LogP contribution in [0.5, 0.6) is 0 Å². The topological polar surface area (TPSA) is 75.0 Å². The summed E-state index contributed by atoms with van der Waals surface area (Å²) in [7, 11) is 0. The molecule has 0 unspecified atom stereocenters. The standard InChI is InChI=1S/C15H18ClN3O2/c1-15(2,3)21-14(20)18-7-5-4-6-12-8-11(9-17)10-19-13(12)16/h4,6,8,10H,5,7H2,1-3H3,(H,18,20). The molecular formula is C15H18ClN3O2. The molecule has 0 aliphatic rings. The zero-order valence-electron chi connectivity index (χ0n) is 12.3. The first-order chi connectivity index (χ1) is 9.81. The van der Waals surface area contributed by atoms with Gasteiger partial charge in [-0.15, -0.1) is 0 Å². The van der Waals surface area contributed by atoms with Gasteiger partial charge in [-0.3, -0.25) is 0 Å². The van der Waals surface area contributed by atoms with E-state index in [1.807, 2.05) is 32.9 Å². The van der Waals surface area contributed by atoms with Crippen molar-refractivity contribution >= 4 is 23.8 Å². The highest BCUT2D eigenvalue weighted by molar-refractivity contribution is 6.30. The Morgan fingerprint density at radius 3 is 2.90 bits per heavy atom. The smallest absolute Gasteiger partial charge is 0.407 e. The van der Waals surface area contributed by atoms with E-state index in [2.05, 4.69) is 10.3 Å². The van der Waals surface area contributed by atoms with E-state index in [0.717, 1.165) is 0 Å². The van der Waals surface area contributed by atoms with Gasteiger partial charge in [-0.1, -0.05) is 23.8 Å². The molecule has 112 valence electrons. The third-order valence-electron chi connectivity index (χ3n) is 2.27. The van der Waals surface area contributed by atoms with Gasteiger partial charge in [-0.05, 0) is 33.3 Å². The molecule has 0 bridgehead atoms. The maximum atomic E-state index is 11.4. The van der Waals surface area contributed by atoms with Gasteiger partial charge in [0, 0.05) is 18.3 Å². The van der Waals surface area contributed by atoms with Gasteiger partial charge < -0.3 is 10.1 Å². The number of carbonyl (C=O) groups excluding carboxylic acids is 1. The van der Waals surface area contributed by atoms with E-state index >= 15 is 0 Å². The molecule has 0 saturated heterocycles. The molecule has 0 aliphatic heterocycles. The molecule has 1 N–H and O–H groups in total. The van der Waals surface area contributed by atoms with E-state index in [-0.39, 0.29) is 0 Å². The Morgan fingerprint density at radius 1 is 1.57 bits per heavy atom. The average molecular weight is 308 g/mol. The zero-order chi connectivity index (χ0) is 15.9. The number of alkyl carbamates (subject to hydrolysis) is 1. The summed E-state index contributed by atoms with van der Waals surface area (Å²) in [4.78, 5) is 15.3. The van der Waals surface area contributed by atoms with Gasteiger partial charge in [0.05, 0.1) is 5.56 Å². The molecule has 0 saturated carbocycles. The number of nitrogens with one attached hydrogen (secondary N) is 1. The molecule has 0 aromatic carbocycles. The number of ether oxygens (including phenoxy) is 1. The molecule has 5 nitrogen and oxygen atoms in total. The maximum absolute atomic E-state index is 11.4. The number of hydrogen-bond acceptors (Lipinski definition) is 4. The monoisotopic (exact) mass is 307 g/mol. The molecule has 0 aliphatic carbocycles. The normalized spacial score (nSPS) is 11.2. The average Bonchev–Trinajstić information content (AvgIpc) is 2.38. The first-order valence-corrected chi connectivity index (χ1v) is 6.88. The third-order valence-corrected chi connectivity index (χ3v) is 2.59. The highest BCUT2D eigenvalue weighted by Gasteiger charge is 2.15. The van der Waals surface area contributed by atoms with Gasteiger partial charge in [0.15, 0.2) is 0 Å². The summed E-state index contributed by atoms with van der Waals surface area (Å²) < 4.78 is 5.11. The number of rotatable bonds is 4. The van der Waals surface area contributed by atoms with Crippen molar-refractivity contribution in [2.45, 2.75) is 32.8 Å². The van der Waals surface area contributed by atoms with E-state index in [1.165, 1.54) is 6.20 Å². The molecule has 1 heterocycles. The van der Waals surface area contributed by atoms with E-state index in [4.69, 9.17) is 21.6 Å².